The van der Waals surface area contributed by atoms with Gasteiger partial charge in [-0.05, 0) is 60.7 Å². The molecule has 0 amide bonds. The molecule has 2 bridgehead atoms. The van der Waals surface area contributed by atoms with Crippen molar-refractivity contribution in [2.45, 2.75) is 49.5 Å². The van der Waals surface area contributed by atoms with Gasteiger partial charge in [0.2, 0.25) is 0 Å². The van der Waals surface area contributed by atoms with Gasteiger partial charge in [-0.2, -0.15) is 0 Å². The Morgan fingerprint density at radius 3 is 2.47 bits per heavy atom. The van der Waals surface area contributed by atoms with Crippen LogP contribution in [-0.4, -0.2) is 21.9 Å². The number of aryl methyl sites for hydroxylation is 1. The van der Waals surface area contributed by atoms with Gasteiger partial charge in [0.05, 0.1) is 5.69 Å². The Balaban J connectivity index is 1.92. The maximum absolute atomic E-state index is 4.73. The van der Waals surface area contributed by atoms with E-state index in [1.807, 2.05) is 0 Å². The number of piperidine rings is 1. The van der Waals surface area contributed by atoms with Gasteiger partial charge in [0.15, 0.2) is 0 Å². The van der Waals surface area contributed by atoms with Gasteiger partial charge in [-0.15, -0.1) is 0 Å². The summed E-state index contributed by atoms with van der Waals surface area (Å²) in [7, 11) is 0. The fourth-order valence-electron chi connectivity index (χ4n) is 3.16. The Labute approximate surface area is 119 Å². The van der Waals surface area contributed by atoms with Crippen LogP contribution in [0.1, 0.15) is 31.4 Å². The molecule has 0 saturated carbocycles. The molecule has 0 N–H and O–H groups in total. The van der Waals surface area contributed by atoms with Crippen LogP contribution in [0.2, 0.25) is 0 Å². The summed E-state index contributed by atoms with van der Waals surface area (Å²) in [5, 5.41) is 0. The van der Waals surface area contributed by atoms with Gasteiger partial charge in [0.25, 0.3) is 0 Å². The lowest BCUT2D eigenvalue weighted by Gasteiger charge is -2.38. The molecule has 2 nitrogen and oxygen atoms in total. The summed E-state index contributed by atoms with van der Waals surface area (Å²) < 4.78 is 1.10. The smallest absolute Gasteiger partial charge is 0.129 e. The standard InChI is InChI=1S/C13H16Br2N2/c1-8-12(15)4-5-13(16-8)17-10-2-3-11(17)7-9(14)6-10/h4-5,9-11H,2-3,6-7H2,1H3. The summed E-state index contributed by atoms with van der Waals surface area (Å²) in [5.41, 5.74) is 1.09. The zero-order valence-electron chi connectivity index (χ0n) is 9.87. The van der Waals surface area contributed by atoms with Crippen molar-refractivity contribution in [2.24, 2.45) is 0 Å². The predicted molar refractivity (Wildman–Crippen MR) is 77.9 cm³/mol. The quantitative estimate of drug-likeness (QED) is 0.703. The molecule has 2 fully saturated rings. The van der Waals surface area contributed by atoms with Crippen LogP contribution >= 0.6 is 31.9 Å². The number of alkyl halides is 1. The highest BCUT2D eigenvalue weighted by Crippen LogP contribution is 2.41. The van der Waals surface area contributed by atoms with E-state index in [0.29, 0.717) is 16.9 Å². The predicted octanol–water partition coefficient (Wildman–Crippen LogP) is 4.05. The van der Waals surface area contributed by atoms with Crippen LogP contribution < -0.4 is 4.90 Å². The summed E-state index contributed by atoms with van der Waals surface area (Å²) in [6, 6.07) is 5.64. The van der Waals surface area contributed by atoms with Gasteiger partial charge in [-0.1, -0.05) is 15.9 Å². The normalized spacial score (nSPS) is 31.9. The molecule has 0 aromatic carbocycles. The number of hydrogen-bond acceptors (Lipinski definition) is 2. The molecule has 2 atom stereocenters. The molecule has 2 aliphatic rings. The first-order chi connectivity index (χ1) is 8.15. The molecule has 2 saturated heterocycles. The zero-order valence-corrected chi connectivity index (χ0v) is 13.0. The lowest BCUT2D eigenvalue weighted by atomic mass is 10.0. The maximum atomic E-state index is 4.73. The topological polar surface area (TPSA) is 16.1 Å². The van der Waals surface area contributed by atoms with E-state index in [2.05, 4.69) is 55.8 Å². The van der Waals surface area contributed by atoms with E-state index < -0.39 is 0 Å². The van der Waals surface area contributed by atoms with Crippen LogP contribution in [0, 0.1) is 6.92 Å². The summed E-state index contributed by atoms with van der Waals surface area (Å²) >= 11 is 7.30. The Morgan fingerprint density at radius 1 is 1.24 bits per heavy atom. The van der Waals surface area contributed by atoms with Crippen LogP contribution in [0.4, 0.5) is 5.82 Å². The molecule has 0 aliphatic carbocycles. The monoisotopic (exact) mass is 358 g/mol. The Morgan fingerprint density at radius 2 is 1.88 bits per heavy atom. The van der Waals surface area contributed by atoms with Crippen molar-refractivity contribution in [3.63, 3.8) is 0 Å². The summed E-state index contributed by atoms with van der Waals surface area (Å²) in [6.07, 6.45) is 5.16. The lowest BCUT2D eigenvalue weighted by Crippen LogP contribution is -2.43. The number of hydrogen-bond donors (Lipinski definition) is 0. The van der Waals surface area contributed by atoms with Gasteiger partial charge < -0.3 is 4.90 Å². The second-order valence-corrected chi connectivity index (χ2v) is 7.25. The minimum absolute atomic E-state index is 0.686. The maximum Gasteiger partial charge on any atom is 0.129 e. The second kappa shape index (κ2) is 4.54. The molecular formula is C13H16Br2N2. The van der Waals surface area contributed by atoms with E-state index >= 15 is 0 Å². The van der Waals surface area contributed by atoms with E-state index in [1.54, 1.807) is 0 Å². The van der Waals surface area contributed by atoms with Crippen LogP contribution in [0.25, 0.3) is 0 Å². The van der Waals surface area contributed by atoms with E-state index in [1.165, 1.54) is 25.7 Å². The van der Waals surface area contributed by atoms with E-state index in [4.69, 9.17) is 4.98 Å². The fraction of sp³-hybridized carbons (Fsp3) is 0.615. The van der Waals surface area contributed by atoms with Crippen LogP contribution in [-0.2, 0) is 0 Å². The number of pyridine rings is 1. The van der Waals surface area contributed by atoms with Gasteiger partial charge >= 0.3 is 0 Å². The number of halogens is 2. The average Bonchev–Trinajstić information content (AvgIpc) is 2.55. The van der Waals surface area contributed by atoms with Gasteiger partial charge in [0.1, 0.15) is 5.82 Å². The highest BCUT2D eigenvalue weighted by molar-refractivity contribution is 9.10. The molecule has 4 heteroatoms. The summed E-state index contributed by atoms with van der Waals surface area (Å²) in [5.74, 6) is 1.16. The first-order valence-electron chi connectivity index (χ1n) is 6.20. The third-order valence-corrected chi connectivity index (χ3v) is 5.53. The number of nitrogens with zero attached hydrogens (tertiary/aromatic N) is 2. The van der Waals surface area contributed by atoms with Crippen molar-refractivity contribution in [1.29, 1.82) is 0 Å². The van der Waals surface area contributed by atoms with Crippen molar-refractivity contribution in [3.05, 3.63) is 22.3 Å². The molecular weight excluding hydrogens is 344 g/mol. The molecule has 0 radical (unpaired) electrons. The SMILES string of the molecule is Cc1nc(N2C3CCC2CC(Br)C3)ccc1Br. The molecule has 3 rings (SSSR count). The molecule has 17 heavy (non-hydrogen) atoms. The highest BCUT2D eigenvalue weighted by Gasteiger charge is 2.40. The molecule has 2 unspecified atom stereocenters. The number of anilines is 1. The van der Waals surface area contributed by atoms with Crippen molar-refractivity contribution >= 4 is 37.7 Å². The lowest BCUT2D eigenvalue weighted by molar-refractivity contribution is 0.479. The third kappa shape index (κ3) is 2.14. The minimum Gasteiger partial charge on any atom is -0.351 e. The van der Waals surface area contributed by atoms with Crippen molar-refractivity contribution in [3.8, 4) is 0 Å². The van der Waals surface area contributed by atoms with Crippen LogP contribution in [0.3, 0.4) is 0 Å². The Hall–Kier alpha value is -0.0900. The summed E-state index contributed by atoms with van der Waals surface area (Å²) in [6.45, 7) is 2.06. The first kappa shape index (κ1) is 12.0. The molecule has 0 spiro atoms. The number of rotatable bonds is 1. The van der Waals surface area contributed by atoms with E-state index in [-0.39, 0.29) is 0 Å². The third-order valence-electron chi connectivity index (χ3n) is 3.95. The zero-order chi connectivity index (χ0) is 12.0. The Kier molecular flexibility index (Phi) is 3.20. The Bertz CT molecular complexity index is 421. The van der Waals surface area contributed by atoms with Crippen LogP contribution in [0.5, 0.6) is 0 Å². The largest absolute Gasteiger partial charge is 0.351 e. The molecule has 1 aromatic heterocycles. The van der Waals surface area contributed by atoms with Gasteiger partial charge in [-0.3, -0.25) is 0 Å². The number of fused-ring (bicyclic) bond motifs is 2. The van der Waals surface area contributed by atoms with Gasteiger partial charge in [-0.25, -0.2) is 4.98 Å². The highest BCUT2D eigenvalue weighted by atomic mass is 79.9. The van der Waals surface area contributed by atoms with E-state index in [9.17, 15) is 0 Å². The molecule has 1 aromatic rings. The second-order valence-electron chi connectivity index (χ2n) is 5.10. The minimum atomic E-state index is 0.686. The van der Waals surface area contributed by atoms with E-state index in [0.717, 1.165) is 16.0 Å². The molecule has 92 valence electrons. The van der Waals surface area contributed by atoms with Crippen molar-refractivity contribution < 1.29 is 0 Å². The average molecular weight is 360 g/mol. The van der Waals surface area contributed by atoms with Crippen molar-refractivity contribution in [1.82, 2.24) is 4.98 Å². The molecule has 2 aliphatic heterocycles. The first-order valence-corrected chi connectivity index (χ1v) is 7.91. The molecule has 3 heterocycles. The fourth-order valence-corrected chi connectivity index (χ4v) is 4.24. The van der Waals surface area contributed by atoms with Gasteiger partial charge in [0, 0.05) is 21.4 Å². The summed E-state index contributed by atoms with van der Waals surface area (Å²) in [4.78, 5) is 7.98. The van der Waals surface area contributed by atoms with Crippen molar-refractivity contribution in [2.75, 3.05) is 4.90 Å². The van der Waals surface area contributed by atoms with Crippen LogP contribution in [0.15, 0.2) is 16.6 Å². The number of aromatic nitrogens is 1.